The molecular weight excluding hydrogens is 310 g/mol. The van der Waals surface area contributed by atoms with Crippen molar-refractivity contribution in [1.29, 1.82) is 5.26 Å². The van der Waals surface area contributed by atoms with E-state index in [1.54, 1.807) is 36.7 Å². The number of nitriles is 1. The highest BCUT2D eigenvalue weighted by atomic mass is 32.2. The molecule has 0 unspecified atom stereocenters. The van der Waals surface area contributed by atoms with Gasteiger partial charge in [0.2, 0.25) is 0 Å². The van der Waals surface area contributed by atoms with Gasteiger partial charge in [0.05, 0.1) is 10.8 Å². The van der Waals surface area contributed by atoms with E-state index in [9.17, 15) is 10.4 Å². The number of H-pyrrole nitrogens is 1. The zero-order chi connectivity index (χ0) is 16.2. The van der Waals surface area contributed by atoms with Crippen molar-refractivity contribution in [1.82, 2.24) is 15.0 Å². The third-order valence-electron chi connectivity index (χ3n) is 3.20. The van der Waals surface area contributed by atoms with Gasteiger partial charge in [0.15, 0.2) is 0 Å². The summed E-state index contributed by atoms with van der Waals surface area (Å²) >= 11 is 1.47. The summed E-state index contributed by atoms with van der Waals surface area (Å²) in [6.45, 7) is 0. The second-order valence-corrected chi connectivity index (χ2v) is 5.75. The van der Waals surface area contributed by atoms with E-state index in [1.807, 2.05) is 6.07 Å². The molecule has 0 fully saturated rings. The van der Waals surface area contributed by atoms with Crippen molar-refractivity contribution in [2.45, 2.75) is 10.8 Å². The Balaban J connectivity index is 1.98. The lowest BCUT2D eigenvalue weighted by Gasteiger charge is -2.09. The number of phenols is 1. The Labute approximate surface area is 137 Å². The van der Waals surface area contributed by atoms with Gasteiger partial charge in [-0.3, -0.25) is 0 Å². The Morgan fingerprint density at radius 1 is 1.35 bits per heavy atom. The van der Waals surface area contributed by atoms with Crippen LogP contribution in [0.4, 0.5) is 5.82 Å². The normalized spacial score (nSPS) is 10.4. The van der Waals surface area contributed by atoms with Gasteiger partial charge in [-0.15, -0.1) is 0 Å². The van der Waals surface area contributed by atoms with Crippen molar-refractivity contribution < 1.29 is 5.11 Å². The van der Waals surface area contributed by atoms with Gasteiger partial charge in [0.25, 0.3) is 0 Å². The largest absolute Gasteiger partial charge is 0.508 e. The van der Waals surface area contributed by atoms with Crippen LogP contribution in [0, 0.1) is 11.3 Å². The zero-order valence-corrected chi connectivity index (χ0v) is 12.8. The lowest BCUT2D eigenvalue weighted by Crippen LogP contribution is -1.99. The van der Waals surface area contributed by atoms with Gasteiger partial charge in [-0.2, -0.15) is 5.26 Å². The van der Waals surface area contributed by atoms with Crippen molar-refractivity contribution in [2.75, 3.05) is 5.73 Å². The van der Waals surface area contributed by atoms with Crippen LogP contribution in [0.2, 0.25) is 0 Å². The summed E-state index contributed by atoms with van der Waals surface area (Å²) < 4.78 is 0. The number of pyridine rings is 1. The quantitative estimate of drug-likeness (QED) is 0.636. The molecule has 4 N–H and O–H groups in total. The van der Waals surface area contributed by atoms with Gasteiger partial charge in [-0.1, -0.05) is 23.9 Å². The summed E-state index contributed by atoms with van der Waals surface area (Å²) in [7, 11) is 0. The maximum absolute atomic E-state index is 9.66. The van der Waals surface area contributed by atoms with Crippen molar-refractivity contribution >= 4 is 17.6 Å². The molecule has 0 aliphatic heterocycles. The molecule has 114 valence electrons. The maximum atomic E-state index is 9.66. The minimum absolute atomic E-state index is 0.131. The highest BCUT2D eigenvalue weighted by Gasteiger charge is 2.13. The number of imidazole rings is 1. The Kier molecular flexibility index (Phi) is 4.17. The van der Waals surface area contributed by atoms with Gasteiger partial charge in [-0.25, -0.2) is 9.97 Å². The number of aromatic amines is 1. The fraction of sp³-hybridized carbons (Fsp3) is 0.0625. The standard InChI is InChI=1S/C16H13N5OS/c17-8-13-12(10-2-1-3-11(22)6-10)7-15(21-16(13)18)23-9-14-19-4-5-20-14/h1-7,22H,9H2,(H2,18,21)(H,19,20). The smallest absolute Gasteiger partial charge is 0.143 e. The summed E-state index contributed by atoms with van der Waals surface area (Å²) in [6, 6.07) is 10.6. The third-order valence-corrected chi connectivity index (χ3v) is 4.13. The first kappa shape index (κ1) is 14.9. The summed E-state index contributed by atoms with van der Waals surface area (Å²) in [5, 5.41) is 19.7. The monoisotopic (exact) mass is 323 g/mol. The summed E-state index contributed by atoms with van der Waals surface area (Å²) in [6.07, 6.45) is 3.45. The minimum Gasteiger partial charge on any atom is -0.508 e. The van der Waals surface area contributed by atoms with E-state index >= 15 is 0 Å². The number of hydrogen-bond acceptors (Lipinski definition) is 6. The summed E-state index contributed by atoms with van der Waals surface area (Å²) in [5.74, 6) is 1.76. The second kappa shape index (κ2) is 6.42. The van der Waals surface area contributed by atoms with Gasteiger partial charge in [-0.05, 0) is 23.8 Å². The summed E-state index contributed by atoms with van der Waals surface area (Å²) in [5.41, 5.74) is 7.60. The number of nitrogens with one attached hydrogen (secondary N) is 1. The van der Waals surface area contributed by atoms with E-state index < -0.39 is 0 Å². The van der Waals surface area contributed by atoms with Crippen LogP contribution in [0.5, 0.6) is 5.75 Å². The molecule has 0 spiro atoms. The van der Waals surface area contributed by atoms with Crippen LogP contribution in [-0.2, 0) is 5.75 Å². The molecule has 3 rings (SSSR count). The molecule has 0 bridgehead atoms. The number of phenolic OH excluding ortho intramolecular Hbond substituents is 1. The number of nitrogens with zero attached hydrogens (tertiary/aromatic N) is 3. The topological polar surface area (TPSA) is 112 Å². The molecule has 0 saturated heterocycles. The molecule has 7 heteroatoms. The molecule has 0 amide bonds. The molecule has 2 aromatic heterocycles. The van der Waals surface area contributed by atoms with E-state index in [2.05, 4.69) is 21.0 Å². The van der Waals surface area contributed by atoms with E-state index in [-0.39, 0.29) is 11.6 Å². The molecule has 6 nitrogen and oxygen atoms in total. The van der Waals surface area contributed by atoms with Gasteiger partial charge in [0, 0.05) is 18.0 Å². The zero-order valence-electron chi connectivity index (χ0n) is 12.0. The van der Waals surface area contributed by atoms with Gasteiger partial charge < -0.3 is 15.8 Å². The Bertz CT molecular complexity index is 871. The number of aromatic hydroxyl groups is 1. The molecule has 2 heterocycles. The third kappa shape index (κ3) is 3.27. The lowest BCUT2D eigenvalue weighted by molar-refractivity contribution is 0.475. The number of rotatable bonds is 4. The molecular formula is C16H13N5OS. The first-order valence-corrected chi connectivity index (χ1v) is 7.77. The highest BCUT2D eigenvalue weighted by Crippen LogP contribution is 2.32. The number of thioether (sulfide) groups is 1. The number of nitrogens with two attached hydrogens (primary N) is 1. The lowest BCUT2D eigenvalue weighted by atomic mass is 10.0. The Hall–Kier alpha value is -2.98. The van der Waals surface area contributed by atoms with Crippen molar-refractivity contribution in [2.24, 2.45) is 0 Å². The van der Waals surface area contributed by atoms with Crippen molar-refractivity contribution in [3.8, 4) is 22.9 Å². The predicted molar refractivity (Wildman–Crippen MR) is 88.6 cm³/mol. The van der Waals surface area contributed by atoms with Crippen LogP contribution in [0.1, 0.15) is 11.4 Å². The van der Waals surface area contributed by atoms with Crippen LogP contribution in [0.25, 0.3) is 11.1 Å². The van der Waals surface area contributed by atoms with E-state index in [0.29, 0.717) is 21.9 Å². The first-order chi connectivity index (χ1) is 11.2. The number of nitrogen functional groups attached to an aromatic ring is 1. The van der Waals surface area contributed by atoms with Crippen LogP contribution in [0.15, 0.2) is 47.8 Å². The summed E-state index contributed by atoms with van der Waals surface area (Å²) in [4.78, 5) is 11.4. The SMILES string of the molecule is N#Cc1c(-c2cccc(O)c2)cc(SCc2ncc[nH]2)nc1N. The number of benzene rings is 1. The van der Waals surface area contributed by atoms with Crippen molar-refractivity contribution in [3.63, 3.8) is 0 Å². The first-order valence-electron chi connectivity index (χ1n) is 6.78. The molecule has 0 radical (unpaired) electrons. The minimum atomic E-state index is 0.131. The maximum Gasteiger partial charge on any atom is 0.143 e. The van der Waals surface area contributed by atoms with Crippen LogP contribution in [-0.4, -0.2) is 20.1 Å². The molecule has 0 saturated carbocycles. The second-order valence-electron chi connectivity index (χ2n) is 4.75. The van der Waals surface area contributed by atoms with E-state index in [0.717, 1.165) is 11.4 Å². The molecule has 3 aromatic rings. The Morgan fingerprint density at radius 3 is 2.91 bits per heavy atom. The molecule has 23 heavy (non-hydrogen) atoms. The molecule has 0 atom stereocenters. The van der Waals surface area contributed by atoms with Crippen LogP contribution >= 0.6 is 11.8 Å². The average molecular weight is 323 g/mol. The highest BCUT2D eigenvalue weighted by molar-refractivity contribution is 7.98. The van der Waals surface area contributed by atoms with Crippen LogP contribution < -0.4 is 5.73 Å². The molecule has 0 aliphatic rings. The average Bonchev–Trinajstić information content (AvgIpc) is 3.06. The van der Waals surface area contributed by atoms with Crippen molar-refractivity contribution in [3.05, 3.63) is 54.1 Å². The molecule has 0 aliphatic carbocycles. The van der Waals surface area contributed by atoms with Gasteiger partial charge in [0.1, 0.15) is 29.0 Å². The van der Waals surface area contributed by atoms with E-state index in [4.69, 9.17) is 5.73 Å². The Morgan fingerprint density at radius 2 is 2.22 bits per heavy atom. The van der Waals surface area contributed by atoms with E-state index in [1.165, 1.54) is 11.8 Å². The fourth-order valence-corrected chi connectivity index (χ4v) is 2.96. The number of anilines is 1. The fourth-order valence-electron chi connectivity index (χ4n) is 2.15. The van der Waals surface area contributed by atoms with Gasteiger partial charge >= 0.3 is 0 Å². The molecule has 1 aromatic carbocycles. The van der Waals surface area contributed by atoms with Crippen LogP contribution in [0.3, 0.4) is 0 Å². The predicted octanol–water partition coefficient (Wildman–Crippen LogP) is 2.92. The number of aromatic nitrogens is 3. The number of hydrogen-bond donors (Lipinski definition) is 3.